The summed E-state index contributed by atoms with van der Waals surface area (Å²) in [6, 6.07) is 11.9. The number of ketones is 1. The van der Waals surface area contributed by atoms with E-state index < -0.39 is 17.5 Å². The van der Waals surface area contributed by atoms with Crippen molar-refractivity contribution in [3.63, 3.8) is 0 Å². The molecule has 30 heavy (non-hydrogen) atoms. The summed E-state index contributed by atoms with van der Waals surface area (Å²) in [6.07, 6.45) is 0. The number of carbonyl (C=O) groups is 3. The van der Waals surface area contributed by atoms with E-state index in [1.165, 1.54) is 0 Å². The smallest absolute Gasteiger partial charge is 0.325 e. The lowest BCUT2D eigenvalue weighted by Crippen LogP contribution is -2.41. The van der Waals surface area contributed by atoms with Gasteiger partial charge in [-0.15, -0.1) is 0 Å². The average molecular weight is 406 g/mol. The minimum atomic E-state index is -1.20. The second kappa shape index (κ2) is 6.98. The van der Waals surface area contributed by atoms with Gasteiger partial charge in [-0.1, -0.05) is 35.5 Å². The number of nitrogens with one attached hydrogen (secondary N) is 1. The fourth-order valence-corrected chi connectivity index (χ4v) is 3.89. The number of aromatic nitrogens is 2. The highest BCUT2D eigenvalue weighted by Crippen LogP contribution is 2.29. The van der Waals surface area contributed by atoms with E-state index in [4.69, 9.17) is 4.52 Å². The number of urea groups is 1. The first-order valence-electron chi connectivity index (χ1n) is 9.58. The zero-order valence-corrected chi connectivity index (χ0v) is 17.2. The minimum Gasteiger partial charge on any atom is -0.360 e. The van der Waals surface area contributed by atoms with Gasteiger partial charge in [-0.2, -0.15) is 0 Å². The molecule has 8 heteroatoms. The maximum Gasteiger partial charge on any atom is 0.325 e. The van der Waals surface area contributed by atoms with Crippen LogP contribution in [0.1, 0.15) is 40.0 Å². The summed E-state index contributed by atoms with van der Waals surface area (Å²) in [5.74, 6) is 0.460. The summed E-state index contributed by atoms with van der Waals surface area (Å²) in [4.78, 5) is 39.6. The molecular formula is C22H22N4O4. The predicted octanol–water partition coefficient (Wildman–Crippen LogP) is 3.04. The number of rotatable bonds is 5. The molecule has 1 N–H and O–H groups in total. The second-order valence-corrected chi connectivity index (χ2v) is 7.65. The van der Waals surface area contributed by atoms with Crippen LogP contribution in [0.5, 0.6) is 0 Å². The Morgan fingerprint density at radius 2 is 1.83 bits per heavy atom. The van der Waals surface area contributed by atoms with Gasteiger partial charge in [0, 0.05) is 23.0 Å². The molecule has 0 aliphatic carbocycles. The highest BCUT2D eigenvalue weighted by Gasteiger charge is 2.49. The van der Waals surface area contributed by atoms with E-state index in [2.05, 4.69) is 10.5 Å². The van der Waals surface area contributed by atoms with Gasteiger partial charge in [-0.3, -0.25) is 19.1 Å². The lowest BCUT2D eigenvalue weighted by atomic mass is 9.92. The van der Waals surface area contributed by atoms with Crippen molar-refractivity contribution in [1.82, 2.24) is 19.9 Å². The topological polar surface area (TPSA) is 97.4 Å². The van der Waals surface area contributed by atoms with E-state index in [1.807, 2.05) is 17.6 Å². The molecule has 8 nitrogen and oxygen atoms in total. The van der Waals surface area contributed by atoms with Crippen molar-refractivity contribution in [2.45, 2.75) is 33.2 Å². The summed E-state index contributed by atoms with van der Waals surface area (Å²) in [7, 11) is 0. The number of hydrogen-bond acceptors (Lipinski definition) is 5. The molecular weight excluding hydrogens is 384 g/mol. The van der Waals surface area contributed by atoms with Crippen LogP contribution in [-0.2, 0) is 10.3 Å². The van der Waals surface area contributed by atoms with Crippen LogP contribution in [0.25, 0.3) is 5.82 Å². The molecule has 3 heterocycles. The van der Waals surface area contributed by atoms with Gasteiger partial charge >= 0.3 is 6.03 Å². The Bertz CT molecular complexity index is 1160. The number of aryl methyl sites for hydroxylation is 2. The quantitative estimate of drug-likeness (QED) is 0.519. The molecule has 1 aliphatic heterocycles. The molecule has 1 unspecified atom stereocenters. The molecule has 3 aromatic rings. The molecule has 0 spiro atoms. The third-order valence-electron chi connectivity index (χ3n) is 5.50. The third kappa shape index (κ3) is 3.01. The van der Waals surface area contributed by atoms with Gasteiger partial charge in [0.05, 0.1) is 6.54 Å². The van der Waals surface area contributed by atoms with Crippen molar-refractivity contribution >= 4 is 17.7 Å². The fraction of sp³-hybridized carbons (Fsp3) is 0.273. The number of imide groups is 1. The summed E-state index contributed by atoms with van der Waals surface area (Å²) in [6.45, 7) is 6.75. The van der Waals surface area contributed by atoms with Crippen LogP contribution in [0.3, 0.4) is 0 Å². The van der Waals surface area contributed by atoms with Gasteiger partial charge in [0.25, 0.3) is 5.91 Å². The highest BCUT2D eigenvalue weighted by atomic mass is 16.5. The number of amides is 3. The average Bonchev–Trinajstić information content (AvgIpc) is 3.33. The first-order valence-corrected chi connectivity index (χ1v) is 9.58. The van der Waals surface area contributed by atoms with Crippen LogP contribution in [0, 0.1) is 20.8 Å². The Morgan fingerprint density at radius 1 is 1.13 bits per heavy atom. The molecule has 2 aromatic heterocycles. The lowest BCUT2D eigenvalue weighted by molar-refractivity contribution is -0.130. The number of carbonyl (C=O) groups excluding carboxylic acids is 3. The SMILES string of the molecule is Cc1cc(-n2c(C)cc(C(=O)CN3C(=O)NC(C)(c4ccccc4)C3=O)c2C)no1. The largest absolute Gasteiger partial charge is 0.360 e. The van der Waals surface area contributed by atoms with Crippen LogP contribution in [0.2, 0.25) is 0 Å². The molecule has 1 aliphatic rings. The first-order chi connectivity index (χ1) is 14.2. The van der Waals surface area contributed by atoms with Gasteiger partial charge in [-0.25, -0.2) is 4.79 Å². The molecule has 3 amide bonds. The fourth-order valence-electron chi connectivity index (χ4n) is 3.89. The molecule has 1 atom stereocenters. The Kier molecular flexibility index (Phi) is 4.57. The third-order valence-corrected chi connectivity index (χ3v) is 5.50. The number of hydrogen-bond donors (Lipinski definition) is 1. The minimum absolute atomic E-state index is 0.324. The second-order valence-electron chi connectivity index (χ2n) is 7.65. The number of benzene rings is 1. The van der Waals surface area contributed by atoms with Gasteiger partial charge in [0.1, 0.15) is 11.3 Å². The maximum absolute atomic E-state index is 13.0. The van der Waals surface area contributed by atoms with Crippen molar-refractivity contribution in [1.29, 1.82) is 0 Å². The van der Waals surface area contributed by atoms with Gasteiger partial charge in [0.15, 0.2) is 11.6 Å². The molecule has 154 valence electrons. The van der Waals surface area contributed by atoms with Crippen molar-refractivity contribution in [3.05, 3.63) is 70.7 Å². The van der Waals surface area contributed by atoms with E-state index in [-0.39, 0.29) is 12.3 Å². The number of Topliss-reactive ketones (excluding diaryl/α,β-unsaturated/α-hetero) is 1. The molecule has 1 fully saturated rings. The maximum atomic E-state index is 13.0. The van der Waals surface area contributed by atoms with E-state index in [1.54, 1.807) is 57.2 Å². The van der Waals surface area contributed by atoms with E-state index in [0.717, 1.165) is 10.6 Å². The van der Waals surface area contributed by atoms with Crippen LogP contribution >= 0.6 is 0 Å². The van der Waals surface area contributed by atoms with E-state index in [9.17, 15) is 14.4 Å². The van der Waals surface area contributed by atoms with Crippen LogP contribution in [-0.4, -0.2) is 38.9 Å². The van der Waals surface area contributed by atoms with Crippen LogP contribution in [0.4, 0.5) is 4.79 Å². The van der Waals surface area contributed by atoms with E-state index in [0.29, 0.717) is 28.4 Å². The van der Waals surface area contributed by atoms with Crippen molar-refractivity contribution in [3.8, 4) is 5.82 Å². The zero-order chi connectivity index (χ0) is 21.6. The Hall–Kier alpha value is -3.68. The zero-order valence-electron chi connectivity index (χ0n) is 17.2. The van der Waals surface area contributed by atoms with Gasteiger partial charge in [0.2, 0.25) is 0 Å². The molecule has 0 radical (unpaired) electrons. The molecule has 1 saturated heterocycles. The molecule has 0 saturated carbocycles. The Labute approximate surface area is 173 Å². The monoisotopic (exact) mass is 406 g/mol. The first kappa shape index (κ1) is 19.6. The van der Waals surface area contributed by atoms with Crippen LogP contribution in [0.15, 0.2) is 47.0 Å². The summed E-state index contributed by atoms with van der Waals surface area (Å²) < 4.78 is 6.95. The van der Waals surface area contributed by atoms with Crippen molar-refractivity contribution < 1.29 is 18.9 Å². The Balaban J connectivity index is 1.61. The lowest BCUT2D eigenvalue weighted by Gasteiger charge is -2.22. The molecule has 4 rings (SSSR count). The van der Waals surface area contributed by atoms with Crippen molar-refractivity contribution in [2.24, 2.45) is 0 Å². The molecule has 1 aromatic carbocycles. The highest BCUT2D eigenvalue weighted by molar-refractivity contribution is 6.11. The van der Waals surface area contributed by atoms with Gasteiger partial charge in [-0.05, 0) is 39.3 Å². The Morgan fingerprint density at radius 3 is 2.47 bits per heavy atom. The van der Waals surface area contributed by atoms with Crippen molar-refractivity contribution in [2.75, 3.05) is 6.54 Å². The standard InChI is InChI=1S/C22H22N4O4/c1-13-10-17(15(3)26(13)19-11-14(2)30-24-19)18(27)12-25-20(28)22(4,23-21(25)29)16-8-6-5-7-9-16/h5-11H,12H2,1-4H3,(H,23,29). The van der Waals surface area contributed by atoms with Gasteiger partial charge < -0.3 is 9.84 Å². The summed E-state index contributed by atoms with van der Waals surface area (Å²) >= 11 is 0. The normalized spacial score (nSPS) is 18.7. The summed E-state index contributed by atoms with van der Waals surface area (Å²) in [5, 5.41) is 6.73. The number of nitrogens with zero attached hydrogens (tertiary/aromatic N) is 3. The van der Waals surface area contributed by atoms with Crippen LogP contribution < -0.4 is 5.32 Å². The predicted molar refractivity (Wildman–Crippen MR) is 108 cm³/mol. The van der Waals surface area contributed by atoms with E-state index >= 15 is 0 Å². The molecule has 0 bridgehead atoms. The summed E-state index contributed by atoms with van der Waals surface area (Å²) in [5.41, 5.74) is 1.37.